The monoisotopic (exact) mass is 292 g/mol. The summed E-state index contributed by atoms with van der Waals surface area (Å²) in [4.78, 5) is 2.34. The third kappa shape index (κ3) is 4.11. The summed E-state index contributed by atoms with van der Waals surface area (Å²) in [6, 6.07) is 6.17. The second kappa shape index (κ2) is 7.66. The van der Waals surface area contributed by atoms with Crippen molar-refractivity contribution in [1.82, 2.24) is 4.90 Å². The Hall–Kier alpha value is -1.26. The van der Waals surface area contributed by atoms with Gasteiger partial charge in [0.2, 0.25) is 0 Å². The summed E-state index contributed by atoms with van der Waals surface area (Å²) in [5.41, 5.74) is 6.87. The van der Waals surface area contributed by atoms with Gasteiger partial charge in [0, 0.05) is 18.7 Å². The summed E-state index contributed by atoms with van der Waals surface area (Å²) in [7, 11) is 3.88. The van der Waals surface area contributed by atoms with E-state index in [1.807, 2.05) is 6.07 Å². The molecule has 2 rings (SSSR count). The third-order valence-corrected chi connectivity index (χ3v) is 4.30. The number of nitrogens with zero attached hydrogens (tertiary/aromatic N) is 1. The number of nitrogens with two attached hydrogens (primary N) is 1. The molecule has 0 saturated carbocycles. The predicted octanol–water partition coefficient (Wildman–Crippen LogP) is 2.62. The molecule has 0 aromatic heterocycles. The summed E-state index contributed by atoms with van der Waals surface area (Å²) in [5, 5.41) is 0. The van der Waals surface area contributed by atoms with Crippen molar-refractivity contribution in [3.63, 3.8) is 0 Å². The smallest absolute Gasteiger partial charge is 0.164 e. The van der Waals surface area contributed by atoms with E-state index in [1.165, 1.54) is 5.56 Å². The van der Waals surface area contributed by atoms with Gasteiger partial charge < -0.3 is 20.1 Å². The van der Waals surface area contributed by atoms with Crippen molar-refractivity contribution in [2.24, 2.45) is 5.73 Å². The van der Waals surface area contributed by atoms with Gasteiger partial charge in [-0.25, -0.2) is 0 Å². The van der Waals surface area contributed by atoms with Crippen LogP contribution in [0.5, 0.6) is 11.5 Å². The van der Waals surface area contributed by atoms with E-state index in [4.69, 9.17) is 15.2 Å². The van der Waals surface area contributed by atoms with Gasteiger partial charge in [0.15, 0.2) is 11.5 Å². The second-order valence-electron chi connectivity index (χ2n) is 5.98. The van der Waals surface area contributed by atoms with Crippen molar-refractivity contribution in [3.05, 3.63) is 23.8 Å². The molecule has 1 aromatic rings. The number of hydrogen-bond donors (Lipinski definition) is 1. The fraction of sp³-hybridized carbons (Fsp3) is 0.647. The number of rotatable bonds is 6. The van der Waals surface area contributed by atoms with E-state index in [-0.39, 0.29) is 6.10 Å². The fourth-order valence-electron chi connectivity index (χ4n) is 2.92. The zero-order valence-corrected chi connectivity index (χ0v) is 13.5. The molecule has 21 heavy (non-hydrogen) atoms. The third-order valence-electron chi connectivity index (χ3n) is 4.30. The van der Waals surface area contributed by atoms with Crippen molar-refractivity contribution >= 4 is 0 Å². The van der Waals surface area contributed by atoms with Crippen LogP contribution < -0.4 is 15.2 Å². The molecule has 1 fully saturated rings. The molecular weight excluding hydrogens is 264 g/mol. The minimum atomic E-state index is 0.287. The summed E-state index contributed by atoms with van der Waals surface area (Å²) < 4.78 is 11.8. The molecule has 1 aliphatic rings. The topological polar surface area (TPSA) is 47.7 Å². The summed E-state index contributed by atoms with van der Waals surface area (Å²) in [5.74, 6) is 2.12. The van der Waals surface area contributed by atoms with Crippen molar-refractivity contribution in [2.45, 2.75) is 38.2 Å². The number of piperidine rings is 1. The van der Waals surface area contributed by atoms with Crippen LogP contribution in [0.3, 0.4) is 0 Å². The van der Waals surface area contributed by atoms with Crippen molar-refractivity contribution in [1.29, 1.82) is 0 Å². The van der Waals surface area contributed by atoms with Crippen molar-refractivity contribution < 1.29 is 9.47 Å². The number of benzene rings is 1. The first-order chi connectivity index (χ1) is 10.2. The van der Waals surface area contributed by atoms with Crippen LogP contribution in [0, 0.1) is 0 Å². The van der Waals surface area contributed by atoms with Crippen LogP contribution in [0.4, 0.5) is 0 Å². The lowest BCUT2D eigenvalue weighted by atomic mass is 9.96. The predicted molar refractivity (Wildman–Crippen MR) is 86.2 cm³/mol. The van der Waals surface area contributed by atoms with E-state index < -0.39 is 0 Å². The van der Waals surface area contributed by atoms with Gasteiger partial charge >= 0.3 is 0 Å². The molecule has 1 saturated heterocycles. The first-order valence-corrected chi connectivity index (χ1v) is 7.87. The Morgan fingerprint density at radius 1 is 1.33 bits per heavy atom. The number of ether oxygens (including phenoxy) is 2. The summed E-state index contributed by atoms with van der Waals surface area (Å²) in [6.45, 7) is 5.06. The van der Waals surface area contributed by atoms with E-state index in [9.17, 15) is 0 Å². The lowest BCUT2D eigenvalue weighted by Gasteiger charge is -2.30. The zero-order chi connectivity index (χ0) is 15.2. The van der Waals surface area contributed by atoms with E-state index >= 15 is 0 Å². The number of methoxy groups -OCH3 is 1. The maximum absolute atomic E-state index is 6.21. The largest absolute Gasteiger partial charge is 0.493 e. The molecule has 0 radical (unpaired) electrons. The van der Waals surface area contributed by atoms with Gasteiger partial charge in [0.25, 0.3) is 0 Å². The molecule has 4 heteroatoms. The maximum Gasteiger partial charge on any atom is 0.164 e. The summed E-state index contributed by atoms with van der Waals surface area (Å²) in [6.07, 6.45) is 3.38. The Morgan fingerprint density at radius 3 is 2.67 bits per heavy atom. The quantitative estimate of drug-likeness (QED) is 0.875. The van der Waals surface area contributed by atoms with Crippen molar-refractivity contribution in [2.75, 3.05) is 33.8 Å². The Labute approximate surface area is 128 Å². The van der Waals surface area contributed by atoms with Gasteiger partial charge in [0.1, 0.15) is 6.10 Å². The molecule has 1 atom stereocenters. The van der Waals surface area contributed by atoms with Gasteiger partial charge in [0.05, 0.1) is 7.11 Å². The molecular formula is C17H28N2O2. The lowest BCUT2D eigenvalue weighted by molar-refractivity contribution is 0.111. The van der Waals surface area contributed by atoms with Crippen LogP contribution in [-0.4, -0.2) is 44.8 Å². The molecule has 1 unspecified atom stereocenters. The van der Waals surface area contributed by atoms with Crippen LogP contribution in [0.1, 0.15) is 37.7 Å². The molecule has 0 bridgehead atoms. The zero-order valence-electron chi connectivity index (χ0n) is 13.5. The maximum atomic E-state index is 6.21. The van der Waals surface area contributed by atoms with E-state index in [0.29, 0.717) is 12.5 Å². The molecule has 1 aliphatic heterocycles. The van der Waals surface area contributed by atoms with E-state index in [1.54, 1.807) is 7.11 Å². The molecule has 4 nitrogen and oxygen atoms in total. The number of hydrogen-bond acceptors (Lipinski definition) is 4. The SMILES string of the molecule is COc1c(OC2CCN(C)CC2)cccc1C(C)CCN. The van der Waals surface area contributed by atoms with Crippen LogP contribution in [0.25, 0.3) is 0 Å². The molecule has 118 valence electrons. The standard InChI is InChI=1S/C17H28N2O2/c1-13(7-10-18)15-5-4-6-16(17(15)20-3)21-14-8-11-19(2)12-9-14/h4-6,13-14H,7-12,18H2,1-3H3. The molecule has 0 spiro atoms. The Bertz CT molecular complexity index is 442. The first-order valence-electron chi connectivity index (χ1n) is 7.87. The van der Waals surface area contributed by atoms with Gasteiger partial charge in [-0.3, -0.25) is 0 Å². The minimum Gasteiger partial charge on any atom is -0.493 e. The van der Waals surface area contributed by atoms with Gasteiger partial charge in [-0.1, -0.05) is 19.1 Å². The Balaban J connectivity index is 2.13. The normalized spacial score (nSPS) is 18.5. The molecule has 0 aliphatic carbocycles. The van der Waals surface area contributed by atoms with E-state index in [0.717, 1.165) is 43.9 Å². The van der Waals surface area contributed by atoms with Gasteiger partial charge in [-0.05, 0) is 44.8 Å². The number of para-hydroxylation sites is 1. The summed E-state index contributed by atoms with van der Waals surface area (Å²) >= 11 is 0. The van der Waals surface area contributed by atoms with Crippen molar-refractivity contribution in [3.8, 4) is 11.5 Å². The number of likely N-dealkylation sites (tertiary alicyclic amines) is 1. The average Bonchev–Trinajstić information content (AvgIpc) is 2.49. The molecule has 0 amide bonds. The lowest BCUT2D eigenvalue weighted by Crippen LogP contribution is -2.35. The van der Waals surface area contributed by atoms with Crippen LogP contribution in [-0.2, 0) is 0 Å². The highest BCUT2D eigenvalue weighted by Gasteiger charge is 2.21. The highest BCUT2D eigenvalue weighted by atomic mass is 16.5. The van der Waals surface area contributed by atoms with E-state index in [2.05, 4.69) is 31.0 Å². The first kappa shape index (κ1) is 16.1. The highest BCUT2D eigenvalue weighted by Crippen LogP contribution is 2.37. The van der Waals surface area contributed by atoms with Gasteiger partial charge in [-0.2, -0.15) is 0 Å². The van der Waals surface area contributed by atoms with Crippen LogP contribution in [0.2, 0.25) is 0 Å². The molecule has 1 aromatic carbocycles. The molecule has 1 heterocycles. The Morgan fingerprint density at radius 2 is 2.05 bits per heavy atom. The van der Waals surface area contributed by atoms with Crippen LogP contribution in [0.15, 0.2) is 18.2 Å². The minimum absolute atomic E-state index is 0.287. The highest BCUT2D eigenvalue weighted by molar-refractivity contribution is 5.48. The fourth-order valence-corrected chi connectivity index (χ4v) is 2.92. The van der Waals surface area contributed by atoms with Crippen LogP contribution >= 0.6 is 0 Å². The molecule has 2 N–H and O–H groups in total. The van der Waals surface area contributed by atoms with Gasteiger partial charge in [-0.15, -0.1) is 0 Å². The Kier molecular flexibility index (Phi) is 5.88. The average molecular weight is 292 g/mol. The second-order valence-corrected chi connectivity index (χ2v) is 5.98.